The molecule has 2 amide bonds. The van der Waals surface area contributed by atoms with Crippen molar-refractivity contribution in [3.05, 3.63) is 74.9 Å². The summed E-state index contributed by atoms with van der Waals surface area (Å²) in [6.45, 7) is 1.76. The molecule has 0 aliphatic rings. The summed E-state index contributed by atoms with van der Waals surface area (Å²) in [5.41, 5.74) is 5.26. The zero-order valence-electron chi connectivity index (χ0n) is 20.3. The summed E-state index contributed by atoms with van der Waals surface area (Å²) in [6, 6.07) is 15.8. The topological polar surface area (TPSA) is 107 Å². The van der Waals surface area contributed by atoms with Gasteiger partial charge in [-0.05, 0) is 83.1 Å². The van der Waals surface area contributed by atoms with E-state index >= 15 is 0 Å². The summed E-state index contributed by atoms with van der Waals surface area (Å²) in [6.07, 6.45) is 1.48. The van der Waals surface area contributed by atoms with Crippen molar-refractivity contribution in [2.75, 3.05) is 33.3 Å². The molecule has 188 valence electrons. The van der Waals surface area contributed by atoms with E-state index in [-0.39, 0.29) is 12.5 Å². The highest BCUT2D eigenvalue weighted by Crippen LogP contribution is 2.33. The van der Waals surface area contributed by atoms with Gasteiger partial charge in [-0.25, -0.2) is 5.43 Å². The van der Waals surface area contributed by atoms with Crippen LogP contribution < -0.4 is 29.7 Å². The predicted molar refractivity (Wildman–Crippen MR) is 146 cm³/mol. The van der Waals surface area contributed by atoms with Crippen molar-refractivity contribution in [3.8, 4) is 23.0 Å². The molecule has 0 aliphatic heterocycles. The number of anilines is 1. The number of halogens is 1. The Morgan fingerprint density at radius 2 is 1.69 bits per heavy atom. The van der Waals surface area contributed by atoms with Gasteiger partial charge in [0.15, 0.2) is 29.6 Å². The minimum atomic E-state index is -0.409. The minimum Gasteiger partial charge on any atom is -0.493 e. The lowest BCUT2D eigenvalue weighted by Crippen LogP contribution is -2.20. The number of nitrogens with one attached hydrogen (secondary N) is 2. The van der Waals surface area contributed by atoms with Gasteiger partial charge in [-0.3, -0.25) is 9.59 Å². The van der Waals surface area contributed by atoms with Gasteiger partial charge >= 0.3 is 0 Å². The fourth-order valence-electron chi connectivity index (χ4n) is 3.22. The third-order valence-electron chi connectivity index (χ3n) is 4.93. The Balaban J connectivity index is 1.64. The van der Waals surface area contributed by atoms with Crippen molar-refractivity contribution < 1.29 is 28.5 Å². The molecule has 36 heavy (non-hydrogen) atoms. The van der Waals surface area contributed by atoms with Crippen LogP contribution in [0.3, 0.4) is 0 Å². The molecule has 3 aromatic carbocycles. The lowest BCUT2D eigenvalue weighted by atomic mass is 10.2. The van der Waals surface area contributed by atoms with Gasteiger partial charge in [0.2, 0.25) is 0 Å². The largest absolute Gasteiger partial charge is 0.493 e. The van der Waals surface area contributed by atoms with Crippen molar-refractivity contribution in [1.29, 1.82) is 0 Å². The Hall–Kier alpha value is -3.80. The summed E-state index contributed by atoms with van der Waals surface area (Å²) < 4.78 is 22.3. The van der Waals surface area contributed by atoms with Crippen molar-refractivity contribution in [2.45, 2.75) is 6.92 Å². The van der Waals surface area contributed by atoms with Crippen molar-refractivity contribution in [3.63, 3.8) is 0 Å². The molecule has 0 unspecified atom stereocenters. The quantitative estimate of drug-likeness (QED) is 0.202. The standard InChI is InChI=1S/C26H26IN3O6/c1-16-6-5-7-19(10-16)29-24(31)15-36-25-20(27)11-17(12-23(25)35-4)14-28-30-26(32)18-8-9-21(33-2)22(13-18)34-3/h5-14H,15H2,1-4H3,(H,29,31)(H,30,32)/b28-14+. The number of amides is 2. The molecule has 3 rings (SSSR count). The van der Waals surface area contributed by atoms with E-state index in [0.717, 1.165) is 5.56 Å². The van der Waals surface area contributed by atoms with Crippen LogP contribution in [0.1, 0.15) is 21.5 Å². The zero-order valence-corrected chi connectivity index (χ0v) is 22.4. The number of rotatable bonds is 10. The molecule has 0 atom stereocenters. The van der Waals surface area contributed by atoms with Crippen molar-refractivity contribution in [2.24, 2.45) is 5.10 Å². The fourth-order valence-corrected chi connectivity index (χ4v) is 4.00. The maximum absolute atomic E-state index is 12.4. The van der Waals surface area contributed by atoms with Gasteiger partial charge in [-0.1, -0.05) is 12.1 Å². The van der Waals surface area contributed by atoms with E-state index in [1.807, 2.05) is 31.2 Å². The van der Waals surface area contributed by atoms with Crippen LogP contribution in [0.2, 0.25) is 0 Å². The molecule has 0 saturated carbocycles. The van der Waals surface area contributed by atoms with Crippen LogP contribution in [0.15, 0.2) is 59.7 Å². The smallest absolute Gasteiger partial charge is 0.271 e. The van der Waals surface area contributed by atoms with E-state index in [0.29, 0.717) is 43.4 Å². The SMILES string of the molecule is COc1ccc(C(=O)N/N=C/c2cc(I)c(OCC(=O)Nc3cccc(C)c3)c(OC)c2)cc1OC. The van der Waals surface area contributed by atoms with Gasteiger partial charge in [0.05, 0.1) is 31.1 Å². The molecule has 0 saturated heterocycles. The van der Waals surface area contributed by atoms with Gasteiger partial charge in [-0.15, -0.1) is 0 Å². The lowest BCUT2D eigenvalue weighted by Gasteiger charge is -2.13. The Bertz CT molecular complexity index is 1280. The number of ether oxygens (including phenoxy) is 4. The molecule has 10 heteroatoms. The molecule has 0 radical (unpaired) electrons. The summed E-state index contributed by atoms with van der Waals surface area (Å²) >= 11 is 2.09. The Kier molecular flexibility index (Phi) is 9.51. The van der Waals surface area contributed by atoms with Crippen LogP contribution in [-0.2, 0) is 4.79 Å². The second kappa shape index (κ2) is 12.8. The van der Waals surface area contributed by atoms with Crippen molar-refractivity contribution >= 4 is 46.3 Å². The number of carbonyl (C=O) groups excluding carboxylic acids is 2. The maximum Gasteiger partial charge on any atom is 0.271 e. The Morgan fingerprint density at radius 3 is 2.39 bits per heavy atom. The van der Waals surface area contributed by atoms with Crippen LogP contribution in [0.25, 0.3) is 0 Å². The van der Waals surface area contributed by atoms with Gasteiger partial charge in [0.1, 0.15) is 0 Å². The van der Waals surface area contributed by atoms with Crippen LogP contribution in [-0.4, -0.2) is 46.0 Å². The van der Waals surface area contributed by atoms with Crippen LogP contribution in [0.4, 0.5) is 5.69 Å². The average Bonchev–Trinajstić information content (AvgIpc) is 2.87. The highest BCUT2D eigenvalue weighted by Gasteiger charge is 2.14. The summed E-state index contributed by atoms with van der Waals surface area (Å²) in [5, 5.41) is 6.83. The zero-order chi connectivity index (χ0) is 26.1. The van der Waals surface area contributed by atoms with E-state index in [1.54, 1.807) is 30.3 Å². The normalized spacial score (nSPS) is 10.6. The number of aryl methyl sites for hydroxylation is 1. The van der Waals surface area contributed by atoms with Gasteiger partial charge in [0, 0.05) is 11.3 Å². The molecule has 9 nitrogen and oxygen atoms in total. The first-order chi connectivity index (χ1) is 17.3. The monoisotopic (exact) mass is 603 g/mol. The molecule has 3 aromatic rings. The fraction of sp³-hybridized carbons (Fsp3) is 0.192. The number of hydrazone groups is 1. The molecule has 2 N–H and O–H groups in total. The van der Waals surface area contributed by atoms with Crippen molar-refractivity contribution in [1.82, 2.24) is 5.43 Å². The lowest BCUT2D eigenvalue weighted by molar-refractivity contribution is -0.118. The highest BCUT2D eigenvalue weighted by molar-refractivity contribution is 14.1. The number of nitrogens with zero attached hydrogens (tertiary/aromatic N) is 1. The first-order valence-corrected chi connectivity index (χ1v) is 11.8. The van der Waals surface area contributed by atoms with E-state index in [1.165, 1.54) is 27.5 Å². The second-order valence-electron chi connectivity index (χ2n) is 7.51. The molecule has 0 aromatic heterocycles. The average molecular weight is 603 g/mol. The van der Waals surface area contributed by atoms with Crippen LogP contribution >= 0.6 is 22.6 Å². The highest BCUT2D eigenvalue weighted by atomic mass is 127. The van der Waals surface area contributed by atoms with Gasteiger partial charge in [-0.2, -0.15) is 5.10 Å². The van der Waals surface area contributed by atoms with E-state index in [9.17, 15) is 9.59 Å². The second-order valence-corrected chi connectivity index (χ2v) is 8.67. The Morgan fingerprint density at radius 1 is 0.944 bits per heavy atom. The number of hydrogen-bond acceptors (Lipinski definition) is 7. The first-order valence-electron chi connectivity index (χ1n) is 10.8. The number of methoxy groups -OCH3 is 3. The molecule has 0 spiro atoms. The number of benzene rings is 3. The minimum absolute atomic E-state index is 0.185. The third-order valence-corrected chi connectivity index (χ3v) is 5.73. The Labute approximate surface area is 222 Å². The molecule has 0 aliphatic carbocycles. The molecule has 0 fully saturated rings. The first kappa shape index (κ1) is 26.8. The summed E-state index contributed by atoms with van der Waals surface area (Å²) in [7, 11) is 4.52. The van der Waals surface area contributed by atoms with Crippen LogP contribution in [0, 0.1) is 10.5 Å². The third kappa shape index (κ3) is 7.11. The van der Waals surface area contributed by atoms with Gasteiger partial charge in [0.25, 0.3) is 11.8 Å². The summed E-state index contributed by atoms with van der Waals surface area (Å²) in [5.74, 6) is 1.13. The molecular weight excluding hydrogens is 577 g/mol. The number of hydrogen-bond donors (Lipinski definition) is 2. The maximum atomic E-state index is 12.4. The van der Waals surface area contributed by atoms with Gasteiger partial charge < -0.3 is 24.3 Å². The molecular formula is C26H26IN3O6. The molecule has 0 heterocycles. The van der Waals surface area contributed by atoms with Crippen LogP contribution in [0.5, 0.6) is 23.0 Å². The van der Waals surface area contributed by atoms with E-state index in [2.05, 4.69) is 38.4 Å². The molecule has 0 bridgehead atoms. The summed E-state index contributed by atoms with van der Waals surface area (Å²) in [4.78, 5) is 24.8. The number of carbonyl (C=O) groups is 2. The van der Waals surface area contributed by atoms with E-state index < -0.39 is 5.91 Å². The predicted octanol–water partition coefficient (Wildman–Crippen LogP) is 4.41. The van der Waals surface area contributed by atoms with E-state index in [4.69, 9.17) is 18.9 Å².